The second-order valence-corrected chi connectivity index (χ2v) is 10.5. The van der Waals surface area contributed by atoms with Gasteiger partial charge >= 0.3 is 5.97 Å². The average Bonchev–Trinajstić information content (AvgIpc) is 3.02. The Balaban J connectivity index is 1.19. The van der Waals surface area contributed by atoms with Crippen molar-refractivity contribution < 1.29 is 9.53 Å². The standard InChI is InChI=1S/C26H36N2O2/c1-19-7-6-10-26(2)16-24-21(15-23(19)26)22(25(29)30-24)18-28-13-11-27(12-14-28)17-20-8-4-3-5-9-20/h3-5,8-9,21-24H,1,6-7,10-18H2,2H3/t21-,22-,23+,24-,26-/m1/s1. The smallest absolute Gasteiger partial charge is 0.310 e. The van der Waals surface area contributed by atoms with Crippen molar-refractivity contribution in [3.63, 3.8) is 0 Å². The summed E-state index contributed by atoms with van der Waals surface area (Å²) in [6.45, 7) is 12.9. The summed E-state index contributed by atoms with van der Waals surface area (Å²) in [5.41, 5.74) is 3.09. The number of fused-ring (bicyclic) bond motifs is 2. The summed E-state index contributed by atoms with van der Waals surface area (Å²) in [5, 5.41) is 0. The highest BCUT2D eigenvalue weighted by atomic mass is 16.6. The summed E-state index contributed by atoms with van der Waals surface area (Å²) >= 11 is 0. The van der Waals surface area contributed by atoms with Crippen LogP contribution in [-0.4, -0.2) is 54.6 Å². The van der Waals surface area contributed by atoms with Crippen LogP contribution in [0.25, 0.3) is 0 Å². The maximum absolute atomic E-state index is 12.8. The molecule has 0 aromatic heterocycles. The molecule has 0 radical (unpaired) electrons. The van der Waals surface area contributed by atoms with Crippen molar-refractivity contribution in [2.45, 2.75) is 51.7 Å². The lowest BCUT2D eigenvalue weighted by molar-refractivity contribution is -0.146. The molecule has 4 heteroatoms. The van der Waals surface area contributed by atoms with Gasteiger partial charge in [0.05, 0.1) is 5.92 Å². The first-order chi connectivity index (χ1) is 14.5. The molecule has 2 aliphatic heterocycles. The lowest BCUT2D eigenvalue weighted by Gasteiger charge is -2.50. The van der Waals surface area contributed by atoms with E-state index < -0.39 is 0 Å². The second kappa shape index (κ2) is 8.12. The summed E-state index contributed by atoms with van der Waals surface area (Å²) < 4.78 is 5.96. The van der Waals surface area contributed by atoms with Crippen LogP contribution in [0, 0.1) is 23.2 Å². The molecule has 0 unspecified atom stereocenters. The lowest BCUT2D eigenvalue weighted by atomic mass is 9.55. The van der Waals surface area contributed by atoms with Crippen LogP contribution in [0.15, 0.2) is 42.5 Å². The van der Waals surface area contributed by atoms with Crippen LogP contribution in [0.3, 0.4) is 0 Å². The van der Waals surface area contributed by atoms with E-state index in [1.54, 1.807) is 0 Å². The first-order valence-corrected chi connectivity index (χ1v) is 11.9. The predicted octanol–water partition coefficient (Wildman–Crippen LogP) is 4.12. The van der Waals surface area contributed by atoms with Crippen molar-refractivity contribution in [1.82, 2.24) is 9.80 Å². The Morgan fingerprint density at radius 1 is 1.13 bits per heavy atom. The van der Waals surface area contributed by atoms with Crippen molar-refractivity contribution in [1.29, 1.82) is 0 Å². The Morgan fingerprint density at radius 3 is 2.63 bits per heavy atom. The Bertz CT molecular complexity index is 785. The molecule has 0 amide bonds. The molecule has 5 atom stereocenters. The molecule has 1 aromatic rings. The molecule has 2 saturated heterocycles. The van der Waals surface area contributed by atoms with Crippen molar-refractivity contribution in [3.8, 4) is 0 Å². The molecule has 4 nitrogen and oxygen atoms in total. The van der Waals surface area contributed by atoms with E-state index in [0.717, 1.165) is 52.1 Å². The van der Waals surface area contributed by atoms with E-state index in [4.69, 9.17) is 4.74 Å². The highest BCUT2D eigenvalue weighted by Gasteiger charge is 2.55. The SMILES string of the molecule is C=C1CCC[C@]2(C)C[C@H]3OC(=O)[C@H](CN4CCN(Cc5ccccc5)CC4)[C@H]3C[C@@H]12. The number of allylic oxidation sites excluding steroid dienone is 1. The van der Waals surface area contributed by atoms with Gasteiger partial charge in [-0.25, -0.2) is 0 Å². The molecule has 1 aromatic carbocycles. The van der Waals surface area contributed by atoms with Gasteiger partial charge in [-0.15, -0.1) is 0 Å². The third-order valence-electron chi connectivity index (χ3n) is 8.49. The molecule has 0 N–H and O–H groups in total. The van der Waals surface area contributed by atoms with E-state index in [0.29, 0.717) is 11.8 Å². The Hall–Kier alpha value is -1.65. The van der Waals surface area contributed by atoms with Crippen LogP contribution >= 0.6 is 0 Å². The number of nitrogens with zero attached hydrogens (tertiary/aromatic N) is 2. The fraction of sp³-hybridized carbons (Fsp3) is 0.654. The van der Waals surface area contributed by atoms with Crippen molar-refractivity contribution in [2.75, 3.05) is 32.7 Å². The molecule has 0 spiro atoms. The van der Waals surface area contributed by atoms with E-state index in [1.807, 2.05) is 0 Å². The minimum absolute atomic E-state index is 0.0509. The minimum Gasteiger partial charge on any atom is -0.462 e. The quantitative estimate of drug-likeness (QED) is 0.554. The van der Waals surface area contributed by atoms with Crippen LogP contribution in [0.1, 0.15) is 44.6 Å². The van der Waals surface area contributed by atoms with E-state index in [-0.39, 0.29) is 23.4 Å². The van der Waals surface area contributed by atoms with Gasteiger partial charge in [0.1, 0.15) is 6.10 Å². The van der Waals surface area contributed by atoms with Gasteiger partial charge in [-0.1, -0.05) is 49.4 Å². The van der Waals surface area contributed by atoms with Gasteiger partial charge in [0.15, 0.2) is 0 Å². The molecule has 4 fully saturated rings. The van der Waals surface area contributed by atoms with Crippen LogP contribution in [0.4, 0.5) is 0 Å². The summed E-state index contributed by atoms with van der Waals surface area (Å²) in [4.78, 5) is 17.9. The van der Waals surface area contributed by atoms with Crippen LogP contribution < -0.4 is 0 Å². The first-order valence-electron chi connectivity index (χ1n) is 11.9. The Kier molecular flexibility index (Phi) is 5.49. The van der Waals surface area contributed by atoms with E-state index >= 15 is 0 Å². The van der Waals surface area contributed by atoms with Gasteiger partial charge in [0.25, 0.3) is 0 Å². The number of hydrogen-bond donors (Lipinski definition) is 0. The number of carbonyl (C=O) groups is 1. The van der Waals surface area contributed by atoms with Crippen molar-refractivity contribution in [2.24, 2.45) is 23.2 Å². The molecule has 162 valence electrons. The molecule has 4 aliphatic rings. The maximum atomic E-state index is 12.8. The monoisotopic (exact) mass is 408 g/mol. The van der Waals surface area contributed by atoms with Crippen LogP contribution in [0.2, 0.25) is 0 Å². The zero-order valence-electron chi connectivity index (χ0n) is 18.4. The molecule has 0 bridgehead atoms. The number of benzene rings is 1. The van der Waals surface area contributed by atoms with Crippen LogP contribution in [0.5, 0.6) is 0 Å². The normalized spacial score (nSPS) is 37.5. The molecule has 5 rings (SSSR count). The van der Waals surface area contributed by atoms with E-state index in [2.05, 4.69) is 53.6 Å². The van der Waals surface area contributed by atoms with Gasteiger partial charge in [-0.2, -0.15) is 0 Å². The number of ether oxygens (including phenoxy) is 1. The average molecular weight is 409 g/mol. The molecule has 2 aliphatic carbocycles. The van der Waals surface area contributed by atoms with Crippen molar-refractivity contribution >= 4 is 5.97 Å². The van der Waals surface area contributed by atoms with Gasteiger partial charge < -0.3 is 4.74 Å². The summed E-state index contributed by atoms with van der Waals surface area (Å²) in [5.74, 6) is 1.07. The maximum Gasteiger partial charge on any atom is 0.310 e. The van der Waals surface area contributed by atoms with Gasteiger partial charge in [-0.3, -0.25) is 14.6 Å². The molecular weight excluding hydrogens is 372 g/mol. The fourth-order valence-electron chi connectivity index (χ4n) is 6.71. The number of esters is 1. The van der Waals surface area contributed by atoms with E-state index in [9.17, 15) is 4.79 Å². The molecular formula is C26H36N2O2. The number of carbonyl (C=O) groups excluding carboxylic acids is 1. The summed E-state index contributed by atoms with van der Waals surface area (Å²) in [6, 6.07) is 10.7. The van der Waals surface area contributed by atoms with Gasteiger partial charge in [0.2, 0.25) is 0 Å². The summed E-state index contributed by atoms with van der Waals surface area (Å²) in [7, 11) is 0. The first kappa shape index (κ1) is 20.3. The number of rotatable bonds is 4. The van der Waals surface area contributed by atoms with Gasteiger partial charge in [-0.05, 0) is 49.0 Å². The molecule has 30 heavy (non-hydrogen) atoms. The zero-order valence-corrected chi connectivity index (χ0v) is 18.4. The lowest BCUT2D eigenvalue weighted by Crippen LogP contribution is -2.49. The van der Waals surface area contributed by atoms with Crippen molar-refractivity contribution in [3.05, 3.63) is 48.0 Å². The largest absolute Gasteiger partial charge is 0.462 e. The molecule has 2 saturated carbocycles. The number of piperazine rings is 1. The van der Waals surface area contributed by atoms with Crippen LogP contribution in [-0.2, 0) is 16.1 Å². The topological polar surface area (TPSA) is 32.8 Å². The Morgan fingerprint density at radius 2 is 1.87 bits per heavy atom. The third kappa shape index (κ3) is 3.85. The fourth-order valence-corrected chi connectivity index (χ4v) is 6.71. The zero-order chi connectivity index (χ0) is 20.7. The Labute approximate surface area is 181 Å². The second-order valence-electron chi connectivity index (χ2n) is 10.5. The minimum atomic E-state index is 0.0509. The third-order valence-corrected chi connectivity index (χ3v) is 8.49. The van der Waals surface area contributed by atoms with E-state index in [1.165, 1.54) is 30.4 Å². The predicted molar refractivity (Wildman–Crippen MR) is 119 cm³/mol. The highest BCUT2D eigenvalue weighted by Crippen LogP contribution is 2.56. The molecule has 2 heterocycles. The van der Waals surface area contributed by atoms with Gasteiger partial charge in [0, 0.05) is 45.2 Å². The summed E-state index contributed by atoms with van der Waals surface area (Å²) in [6.07, 6.45) is 5.94. The highest BCUT2D eigenvalue weighted by molar-refractivity contribution is 5.75. The number of hydrogen-bond acceptors (Lipinski definition) is 4.